The van der Waals surface area contributed by atoms with E-state index in [-0.39, 0.29) is 0 Å². The van der Waals surface area contributed by atoms with E-state index >= 15 is 0 Å². The van der Waals surface area contributed by atoms with Crippen molar-refractivity contribution in [3.05, 3.63) is 35.4 Å². The van der Waals surface area contributed by atoms with Gasteiger partial charge in [-0.25, -0.2) is 0 Å². The Bertz CT molecular complexity index is 390. The Kier molecular flexibility index (Phi) is 4.02. The second-order valence-electron chi connectivity index (χ2n) is 4.35. The van der Waals surface area contributed by atoms with E-state index in [9.17, 15) is 0 Å². The molecule has 17 heavy (non-hydrogen) atoms. The summed E-state index contributed by atoms with van der Waals surface area (Å²) in [5, 5.41) is 6.50. The molecule has 1 aromatic rings. The smallest absolute Gasteiger partial charge is 0.191 e. The molecular weight excluding hydrogens is 210 g/mol. The molecule has 0 spiro atoms. The summed E-state index contributed by atoms with van der Waals surface area (Å²) in [7, 11) is 0. The molecule has 0 bridgehead atoms. The molecule has 92 valence electrons. The van der Waals surface area contributed by atoms with Gasteiger partial charge in [-0.3, -0.25) is 4.99 Å². The maximum Gasteiger partial charge on any atom is 0.191 e. The van der Waals surface area contributed by atoms with Crippen LogP contribution in [-0.4, -0.2) is 25.6 Å². The monoisotopic (exact) mass is 231 g/mol. The zero-order chi connectivity index (χ0) is 12.1. The number of hydrogen-bond donors (Lipinski definition) is 2. The third-order valence-corrected chi connectivity index (χ3v) is 3.12. The van der Waals surface area contributed by atoms with Gasteiger partial charge in [-0.2, -0.15) is 0 Å². The van der Waals surface area contributed by atoms with Gasteiger partial charge < -0.3 is 10.6 Å². The van der Waals surface area contributed by atoms with E-state index in [0.717, 1.165) is 25.6 Å². The van der Waals surface area contributed by atoms with Gasteiger partial charge in [-0.05, 0) is 31.4 Å². The van der Waals surface area contributed by atoms with Crippen LogP contribution >= 0.6 is 0 Å². The second kappa shape index (κ2) is 5.71. The van der Waals surface area contributed by atoms with Gasteiger partial charge in [0, 0.05) is 25.6 Å². The van der Waals surface area contributed by atoms with Gasteiger partial charge in [-0.15, -0.1) is 0 Å². The van der Waals surface area contributed by atoms with Crippen molar-refractivity contribution in [3.8, 4) is 0 Å². The summed E-state index contributed by atoms with van der Waals surface area (Å²) in [6.45, 7) is 6.88. The van der Waals surface area contributed by atoms with Crippen LogP contribution in [0.4, 0.5) is 0 Å². The lowest BCUT2D eigenvalue weighted by Crippen LogP contribution is -2.37. The first-order chi connectivity index (χ1) is 8.35. The molecule has 1 unspecified atom stereocenters. The van der Waals surface area contributed by atoms with Gasteiger partial charge in [0.05, 0.1) is 0 Å². The Balaban J connectivity index is 1.92. The first-order valence-corrected chi connectivity index (χ1v) is 6.45. The fourth-order valence-electron chi connectivity index (χ4n) is 2.24. The third kappa shape index (κ3) is 2.78. The first-order valence-electron chi connectivity index (χ1n) is 6.45. The Morgan fingerprint density at radius 2 is 1.94 bits per heavy atom. The number of aliphatic imine (C=N–C) groups is 1. The Morgan fingerprint density at radius 1 is 1.24 bits per heavy atom. The van der Waals surface area contributed by atoms with Crippen LogP contribution in [0, 0.1) is 0 Å². The molecule has 0 saturated heterocycles. The van der Waals surface area contributed by atoms with Crippen molar-refractivity contribution in [2.45, 2.75) is 26.2 Å². The van der Waals surface area contributed by atoms with Gasteiger partial charge in [0.2, 0.25) is 0 Å². The van der Waals surface area contributed by atoms with Crippen LogP contribution in [0.5, 0.6) is 0 Å². The van der Waals surface area contributed by atoms with E-state index in [1.165, 1.54) is 17.5 Å². The summed E-state index contributed by atoms with van der Waals surface area (Å²) < 4.78 is 0. The molecule has 1 aliphatic rings. The topological polar surface area (TPSA) is 36.4 Å². The molecule has 3 heteroatoms. The summed E-state index contributed by atoms with van der Waals surface area (Å²) in [6, 6.07) is 8.66. The van der Waals surface area contributed by atoms with E-state index in [1.807, 2.05) is 0 Å². The molecule has 0 aromatic heterocycles. The normalized spacial score (nSPS) is 16.7. The SMILES string of the molecule is CCNC(=NCC1Cc2ccccc21)NCC. The molecule has 0 aliphatic heterocycles. The lowest BCUT2D eigenvalue weighted by molar-refractivity contribution is 0.615. The summed E-state index contributed by atoms with van der Waals surface area (Å²) in [5.41, 5.74) is 2.96. The van der Waals surface area contributed by atoms with Crippen molar-refractivity contribution in [3.63, 3.8) is 0 Å². The minimum Gasteiger partial charge on any atom is -0.357 e. The molecule has 1 aliphatic carbocycles. The zero-order valence-electron chi connectivity index (χ0n) is 10.7. The van der Waals surface area contributed by atoms with Crippen molar-refractivity contribution in [1.82, 2.24) is 10.6 Å². The highest BCUT2D eigenvalue weighted by Gasteiger charge is 2.24. The zero-order valence-corrected chi connectivity index (χ0v) is 10.7. The van der Waals surface area contributed by atoms with E-state index < -0.39 is 0 Å². The van der Waals surface area contributed by atoms with E-state index in [0.29, 0.717) is 5.92 Å². The molecule has 0 amide bonds. The van der Waals surface area contributed by atoms with Gasteiger partial charge >= 0.3 is 0 Å². The largest absolute Gasteiger partial charge is 0.357 e. The minimum absolute atomic E-state index is 0.610. The van der Waals surface area contributed by atoms with Crippen molar-refractivity contribution in [2.75, 3.05) is 19.6 Å². The first kappa shape index (κ1) is 12.0. The number of guanidine groups is 1. The summed E-state index contributed by atoms with van der Waals surface area (Å²) in [5.74, 6) is 1.54. The molecule has 0 radical (unpaired) electrons. The van der Waals surface area contributed by atoms with Crippen LogP contribution in [-0.2, 0) is 6.42 Å². The molecule has 2 N–H and O–H groups in total. The minimum atomic E-state index is 0.610. The Hall–Kier alpha value is -1.51. The van der Waals surface area contributed by atoms with Gasteiger partial charge in [0.1, 0.15) is 0 Å². The number of hydrogen-bond acceptors (Lipinski definition) is 1. The predicted molar refractivity (Wildman–Crippen MR) is 72.5 cm³/mol. The summed E-state index contributed by atoms with van der Waals surface area (Å²) >= 11 is 0. The highest BCUT2D eigenvalue weighted by atomic mass is 15.2. The third-order valence-electron chi connectivity index (χ3n) is 3.12. The lowest BCUT2D eigenvalue weighted by atomic mass is 9.78. The number of nitrogens with zero attached hydrogens (tertiary/aromatic N) is 1. The van der Waals surface area contributed by atoms with E-state index in [4.69, 9.17) is 0 Å². The number of nitrogens with one attached hydrogen (secondary N) is 2. The second-order valence-corrected chi connectivity index (χ2v) is 4.35. The molecule has 0 heterocycles. The molecule has 3 nitrogen and oxygen atoms in total. The summed E-state index contributed by atoms with van der Waals surface area (Å²) in [6.07, 6.45) is 1.17. The highest BCUT2D eigenvalue weighted by Crippen LogP contribution is 2.34. The maximum atomic E-state index is 4.62. The molecule has 2 rings (SSSR count). The molecular formula is C14H21N3. The Morgan fingerprint density at radius 3 is 2.59 bits per heavy atom. The van der Waals surface area contributed by atoms with Gasteiger partial charge in [-0.1, -0.05) is 24.3 Å². The van der Waals surface area contributed by atoms with Crippen LogP contribution < -0.4 is 10.6 Å². The standard InChI is InChI=1S/C14H21N3/c1-3-15-14(16-4-2)17-10-12-9-11-7-5-6-8-13(11)12/h5-8,12H,3-4,9-10H2,1-2H3,(H2,15,16,17). The van der Waals surface area contributed by atoms with Crippen molar-refractivity contribution >= 4 is 5.96 Å². The van der Waals surface area contributed by atoms with E-state index in [1.54, 1.807) is 0 Å². The molecule has 1 aromatic carbocycles. The number of rotatable bonds is 4. The van der Waals surface area contributed by atoms with Gasteiger partial charge in [0.25, 0.3) is 0 Å². The summed E-state index contributed by atoms with van der Waals surface area (Å²) in [4.78, 5) is 4.62. The molecule has 1 atom stereocenters. The average molecular weight is 231 g/mol. The van der Waals surface area contributed by atoms with Crippen LogP contribution in [0.15, 0.2) is 29.3 Å². The fraction of sp³-hybridized carbons (Fsp3) is 0.500. The number of benzene rings is 1. The van der Waals surface area contributed by atoms with Crippen molar-refractivity contribution in [1.29, 1.82) is 0 Å². The van der Waals surface area contributed by atoms with Crippen LogP contribution in [0.1, 0.15) is 30.9 Å². The lowest BCUT2D eigenvalue weighted by Gasteiger charge is -2.28. The van der Waals surface area contributed by atoms with E-state index in [2.05, 4.69) is 53.7 Å². The average Bonchev–Trinajstić information content (AvgIpc) is 2.31. The number of fused-ring (bicyclic) bond motifs is 1. The van der Waals surface area contributed by atoms with Gasteiger partial charge in [0.15, 0.2) is 5.96 Å². The highest BCUT2D eigenvalue weighted by molar-refractivity contribution is 5.79. The molecule has 0 saturated carbocycles. The van der Waals surface area contributed by atoms with Crippen molar-refractivity contribution in [2.24, 2.45) is 4.99 Å². The van der Waals surface area contributed by atoms with Crippen molar-refractivity contribution < 1.29 is 0 Å². The molecule has 0 fully saturated rings. The maximum absolute atomic E-state index is 4.62. The quantitative estimate of drug-likeness (QED) is 0.613. The Labute approximate surface area is 103 Å². The van der Waals surface area contributed by atoms with Crippen LogP contribution in [0.2, 0.25) is 0 Å². The fourth-order valence-corrected chi connectivity index (χ4v) is 2.24. The predicted octanol–water partition coefficient (Wildman–Crippen LogP) is 1.90. The van der Waals surface area contributed by atoms with Crippen LogP contribution in [0.25, 0.3) is 0 Å². The van der Waals surface area contributed by atoms with Crippen LogP contribution in [0.3, 0.4) is 0 Å².